The average Bonchev–Trinajstić information content (AvgIpc) is 3.02. The lowest BCUT2D eigenvalue weighted by Gasteiger charge is -2.46. The van der Waals surface area contributed by atoms with Gasteiger partial charge in [-0.2, -0.15) is 0 Å². The molecule has 3 heteroatoms. The summed E-state index contributed by atoms with van der Waals surface area (Å²) in [6, 6.07) is 11.1. The van der Waals surface area contributed by atoms with Crippen molar-refractivity contribution in [3.63, 3.8) is 0 Å². The maximum absolute atomic E-state index is 4.75. The molecule has 0 saturated carbocycles. The van der Waals surface area contributed by atoms with Gasteiger partial charge in [-0.1, -0.05) is 49.8 Å². The first kappa shape index (κ1) is 16.9. The van der Waals surface area contributed by atoms with Gasteiger partial charge in [0.1, 0.15) is 0 Å². The largest absolute Gasteiger partial charge is 0.383 e. The number of likely N-dealkylation sites (tertiary alicyclic amines) is 1. The van der Waals surface area contributed by atoms with E-state index in [1.54, 1.807) is 16.8 Å². The molecule has 1 aromatic carbocycles. The molecule has 140 valence electrons. The summed E-state index contributed by atoms with van der Waals surface area (Å²) in [6.45, 7) is 7.76. The van der Waals surface area contributed by atoms with Crippen molar-refractivity contribution >= 4 is 11.9 Å². The number of benzene rings is 1. The normalized spacial score (nSPS) is 33.6. The second kappa shape index (κ2) is 6.40. The number of rotatable bonds is 4. The van der Waals surface area contributed by atoms with E-state index in [9.17, 15) is 0 Å². The van der Waals surface area contributed by atoms with E-state index in [0.717, 1.165) is 19.6 Å². The van der Waals surface area contributed by atoms with Crippen molar-refractivity contribution in [3.05, 3.63) is 64.9 Å². The Hall–Kier alpha value is -2.29. The maximum Gasteiger partial charge on any atom is 0.0570 e. The smallest absolute Gasteiger partial charge is 0.0570 e. The molecule has 0 fully saturated rings. The fourth-order valence-electron chi connectivity index (χ4n) is 5.66. The summed E-state index contributed by atoms with van der Waals surface area (Å²) in [5.41, 5.74) is 7.72. The Kier molecular flexibility index (Phi) is 3.99. The van der Waals surface area contributed by atoms with Gasteiger partial charge in [0.15, 0.2) is 0 Å². The van der Waals surface area contributed by atoms with Crippen LogP contribution in [-0.4, -0.2) is 36.8 Å². The predicted octanol–water partition coefficient (Wildman–Crippen LogP) is 4.81. The van der Waals surface area contributed by atoms with E-state index in [1.807, 2.05) is 0 Å². The molecule has 1 N–H and O–H groups in total. The van der Waals surface area contributed by atoms with Gasteiger partial charge in [-0.25, -0.2) is 0 Å². The molecule has 5 bridgehead atoms. The Balaban J connectivity index is 1.47. The molecule has 2 heterocycles. The van der Waals surface area contributed by atoms with E-state index in [-0.39, 0.29) is 5.41 Å². The molecule has 3 unspecified atom stereocenters. The topological polar surface area (TPSA) is 27.6 Å². The Morgan fingerprint density at radius 1 is 1.22 bits per heavy atom. The molecule has 0 aromatic heterocycles. The number of aliphatic imine (C=N–C) groups is 1. The molecule has 4 aliphatic rings. The van der Waals surface area contributed by atoms with Crippen LogP contribution in [0.2, 0.25) is 0 Å². The molecule has 0 radical (unpaired) electrons. The lowest BCUT2D eigenvalue weighted by molar-refractivity contribution is 0.155. The van der Waals surface area contributed by atoms with Crippen LogP contribution in [0.15, 0.2) is 69.9 Å². The van der Waals surface area contributed by atoms with Crippen molar-refractivity contribution in [2.75, 3.05) is 25.0 Å². The van der Waals surface area contributed by atoms with Gasteiger partial charge in [-0.3, -0.25) is 4.99 Å². The molecule has 0 amide bonds. The highest BCUT2D eigenvalue weighted by Crippen LogP contribution is 2.56. The monoisotopic (exact) mass is 359 g/mol. The number of fused-ring (bicyclic) bond motifs is 1. The highest BCUT2D eigenvalue weighted by atomic mass is 15.2. The van der Waals surface area contributed by atoms with E-state index >= 15 is 0 Å². The van der Waals surface area contributed by atoms with Gasteiger partial charge in [-0.05, 0) is 48.5 Å². The van der Waals surface area contributed by atoms with Crippen LogP contribution in [-0.2, 0) is 0 Å². The summed E-state index contributed by atoms with van der Waals surface area (Å²) < 4.78 is 0. The van der Waals surface area contributed by atoms with E-state index in [4.69, 9.17) is 4.99 Å². The van der Waals surface area contributed by atoms with Crippen molar-refractivity contribution in [1.29, 1.82) is 0 Å². The zero-order valence-electron chi connectivity index (χ0n) is 16.4. The summed E-state index contributed by atoms with van der Waals surface area (Å²) in [4.78, 5) is 7.48. The van der Waals surface area contributed by atoms with E-state index < -0.39 is 0 Å². The summed E-state index contributed by atoms with van der Waals surface area (Å²) in [6.07, 6.45) is 10.5. The number of allylic oxidation sites excluding steroid dienone is 4. The molecule has 2 aliphatic carbocycles. The molecule has 0 spiro atoms. The minimum Gasteiger partial charge on any atom is -0.383 e. The van der Waals surface area contributed by atoms with Crippen LogP contribution in [0.3, 0.4) is 0 Å². The van der Waals surface area contributed by atoms with Gasteiger partial charge in [0.05, 0.1) is 6.54 Å². The van der Waals surface area contributed by atoms with Gasteiger partial charge in [0.2, 0.25) is 0 Å². The van der Waals surface area contributed by atoms with Crippen molar-refractivity contribution in [2.45, 2.75) is 39.2 Å². The lowest BCUT2D eigenvalue weighted by atomic mass is 9.66. The molecule has 0 saturated heterocycles. The number of hydrogen-bond acceptors (Lipinski definition) is 3. The van der Waals surface area contributed by atoms with Crippen molar-refractivity contribution < 1.29 is 0 Å². The third-order valence-corrected chi connectivity index (χ3v) is 7.25. The molecular formula is C24H29N3. The number of nitrogens with zero attached hydrogens (tertiary/aromatic N) is 2. The Labute approximate surface area is 162 Å². The third kappa shape index (κ3) is 2.59. The molecule has 1 aromatic rings. The second-order valence-electron chi connectivity index (χ2n) is 8.54. The molecule has 2 aliphatic heterocycles. The van der Waals surface area contributed by atoms with E-state index in [1.165, 1.54) is 30.5 Å². The second-order valence-corrected chi connectivity index (χ2v) is 8.54. The maximum atomic E-state index is 4.75. The molecule has 3 atom stereocenters. The summed E-state index contributed by atoms with van der Waals surface area (Å²) >= 11 is 0. The molecule has 27 heavy (non-hydrogen) atoms. The molecular weight excluding hydrogens is 330 g/mol. The van der Waals surface area contributed by atoms with Crippen LogP contribution in [0.25, 0.3) is 0 Å². The minimum atomic E-state index is 0.0869. The van der Waals surface area contributed by atoms with Gasteiger partial charge < -0.3 is 10.2 Å². The quantitative estimate of drug-likeness (QED) is 0.835. The molecule has 5 rings (SSSR count). The van der Waals surface area contributed by atoms with E-state index in [0.29, 0.717) is 12.0 Å². The predicted molar refractivity (Wildman–Crippen MR) is 113 cm³/mol. The Bertz CT molecular complexity index is 861. The highest BCUT2D eigenvalue weighted by Gasteiger charge is 2.50. The lowest BCUT2D eigenvalue weighted by Crippen LogP contribution is -2.47. The van der Waals surface area contributed by atoms with E-state index in [2.05, 4.69) is 72.8 Å². The first-order valence-electron chi connectivity index (χ1n) is 10.4. The van der Waals surface area contributed by atoms with Gasteiger partial charge >= 0.3 is 0 Å². The Morgan fingerprint density at radius 2 is 2.07 bits per heavy atom. The van der Waals surface area contributed by atoms with Crippen LogP contribution >= 0.6 is 0 Å². The highest BCUT2D eigenvalue weighted by molar-refractivity contribution is 5.75. The van der Waals surface area contributed by atoms with Gasteiger partial charge in [-0.15, -0.1) is 0 Å². The zero-order chi connectivity index (χ0) is 18.4. The first-order valence-corrected chi connectivity index (χ1v) is 10.4. The van der Waals surface area contributed by atoms with Gasteiger partial charge in [0.25, 0.3) is 0 Å². The first-order chi connectivity index (χ1) is 13.2. The number of para-hydroxylation sites is 1. The van der Waals surface area contributed by atoms with Crippen LogP contribution < -0.4 is 5.32 Å². The Morgan fingerprint density at radius 3 is 2.93 bits per heavy atom. The summed E-state index contributed by atoms with van der Waals surface area (Å²) in [7, 11) is 0. The number of hydrogen-bond donors (Lipinski definition) is 1. The molecule has 3 nitrogen and oxygen atoms in total. The minimum absolute atomic E-state index is 0.0869. The number of nitrogens with one attached hydrogen (secondary N) is 1. The third-order valence-electron chi connectivity index (χ3n) is 7.25. The van der Waals surface area contributed by atoms with Crippen LogP contribution in [0.5, 0.6) is 0 Å². The fourth-order valence-corrected chi connectivity index (χ4v) is 5.66. The van der Waals surface area contributed by atoms with Crippen molar-refractivity contribution in [2.24, 2.45) is 16.3 Å². The standard InChI is InChI=1S/C24H29N3/c1-17-23-15-20-19-9-6-12-25-16-24(17,2)21(19)10-11-22(20)27(23)14-13-26-18-7-4-3-5-8-18/h3-9,16-17,23,26H,10-15H2,1-2H3/b9-6-,25-16-. The number of anilines is 1. The summed E-state index contributed by atoms with van der Waals surface area (Å²) in [5, 5.41) is 3.61. The zero-order valence-corrected chi connectivity index (χ0v) is 16.4. The average molecular weight is 360 g/mol. The van der Waals surface area contributed by atoms with Crippen LogP contribution in [0, 0.1) is 11.3 Å². The SMILES string of the molecule is CC1C2CC3=C(CCC4=C3/C=C\C/N=C\C41C)N2CCNc1ccccc1. The van der Waals surface area contributed by atoms with Crippen LogP contribution in [0.4, 0.5) is 5.69 Å². The summed E-state index contributed by atoms with van der Waals surface area (Å²) in [5.74, 6) is 0.574. The van der Waals surface area contributed by atoms with Gasteiger partial charge in [0, 0.05) is 42.1 Å². The van der Waals surface area contributed by atoms with Crippen LogP contribution in [0.1, 0.15) is 33.1 Å². The fraction of sp³-hybridized carbons (Fsp3) is 0.458. The van der Waals surface area contributed by atoms with Crippen molar-refractivity contribution in [1.82, 2.24) is 4.90 Å². The van der Waals surface area contributed by atoms with Crippen molar-refractivity contribution in [3.8, 4) is 0 Å².